The first-order valence-corrected chi connectivity index (χ1v) is 18.3. The molecule has 17 nitrogen and oxygen atoms in total. The summed E-state index contributed by atoms with van der Waals surface area (Å²) in [5.41, 5.74) is 0.492. The van der Waals surface area contributed by atoms with Crippen LogP contribution in [0.4, 0.5) is 5.69 Å². The summed E-state index contributed by atoms with van der Waals surface area (Å²) in [7, 11) is -8.83. The van der Waals surface area contributed by atoms with Gasteiger partial charge in [-0.1, -0.05) is 0 Å². The Bertz CT molecular complexity index is 1960. The lowest BCUT2D eigenvalue weighted by atomic mass is 10.2. The molecule has 0 saturated heterocycles. The van der Waals surface area contributed by atoms with Gasteiger partial charge in [-0.15, -0.1) is 11.3 Å². The Labute approximate surface area is 283 Å². The molecule has 1 heterocycles. The van der Waals surface area contributed by atoms with Gasteiger partial charge in [-0.25, -0.2) is 8.42 Å². The third-order valence-electron chi connectivity index (χ3n) is 6.77. The highest BCUT2D eigenvalue weighted by Crippen LogP contribution is 2.35. The number of aromatic hydroxyl groups is 4. The highest BCUT2D eigenvalue weighted by atomic mass is 32.2. The lowest BCUT2D eigenvalue weighted by molar-refractivity contribution is -0.117. The summed E-state index contributed by atoms with van der Waals surface area (Å²) in [6.45, 7) is 0.139. The Morgan fingerprint density at radius 1 is 0.755 bits per heavy atom. The highest BCUT2D eigenvalue weighted by Gasteiger charge is 2.23. The van der Waals surface area contributed by atoms with Crippen LogP contribution >= 0.6 is 18.9 Å². The van der Waals surface area contributed by atoms with E-state index in [1.165, 1.54) is 24.3 Å². The van der Waals surface area contributed by atoms with Gasteiger partial charge in [0.25, 0.3) is 21.8 Å². The molecule has 4 aromatic rings. The summed E-state index contributed by atoms with van der Waals surface area (Å²) in [6, 6.07) is 13.1. The lowest BCUT2D eigenvalue weighted by Crippen LogP contribution is -2.43. The van der Waals surface area contributed by atoms with Gasteiger partial charge in [-0.05, 0) is 66.0 Å². The molecule has 0 radical (unpaired) electrons. The van der Waals surface area contributed by atoms with E-state index in [0.29, 0.717) is 15.8 Å². The van der Waals surface area contributed by atoms with Crippen LogP contribution in [0, 0.1) is 0 Å². The van der Waals surface area contributed by atoms with Crippen LogP contribution in [0.15, 0.2) is 64.9 Å². The second kappa shape index (κ2) is 15.6. The SMILES string of the molecule is O=C(CN(CCNC(=O)c1ccc(O)c(O)c1)CCNC(=O)c1ccc(O)c(O)c1)Nc1ccc2sc(S(=O)(=O)NCP(=O)(O)O)cc2c1. The minimum atomic E-state index is -4.63. The fourth-order valence-electron chi connectivity index (χ4n) is 4.33. The molecular weight excluding hydrogens is 705 g/mol. The number of fused-ring (bicyclic) bond motifs is 1. The number of benzene rings is 3. The molecule has 262 valence electrons. The first-order valence-electron chi connectivity index (χ1n) is 14.2. The number of sulfonamides is 1. The maximum Gasteiger partial charge on any atom is 0.340 e. The van der Waals surface area contributed by atoms with Gasteiger partial charge >= 0.3 is 7.60 Å². The van der Waals surface area contributed by atoms with Gasteiger partial charge in [0.1, 0.15) is 10.5 Å². The molecule has 0 fully saturated rings. The van der Waals surface area contributed by atoms with Crippen molar-refractivity contribution in [2.24, 2.45) is 0 Å². The summed E-state index contributed by atoms with van der Waals surface area (Å²) >= 11 is 0.870. The van der Waals surface area contributed by atoms with Crippen molar-refractivity contribution in [1.82, 2.24) is 20.3 Å². The van der Waals surface area contributed by atoms with Crippen LogP contribution < -0.4 is 20.7 Å². The molecular formula is C29H32N5O12PS2. The zero-order valence-corrected chi connectivity index (χ0v) is 27.9. The Balaban J connectivity index is 1.40. The van der Waals surface area contributed by atoms with E-state index in [-0.39, 0.29) is 48.1 Å². The number of hydrogen-bond acceptors (Lipinski definition) is 12. The number of rotatable bonds is 15. The summed E-state index contributed by atoms with van der Waals surface area (Å²) in [4.78, 5) is 57.8. The Kier molecular flexibility index (Phi) is 11.8. The second-order valence-electron chi connectivity index (χ2n) is 10.5. The summed E-state index contributed by atoms with van der Waals surface area (Å²) < 4.78 is 38.3. The van der Waals surface area contributed by atoms with Crippen LogP contribution in [-0.2, 0) is 19.4 Å². The predicted molar refractivity (Wildman–Crippen MR) is 178 cm³/mol. The molecule has 20 heteroatoms. The number of nitrogens with zero attached hydrogens (tertiary/aromatic N) is 1. The van der Waals surface area contributed by atoms with E-state index < -0.39 is 64.6 Å². The van der Waals surface area contributed by atoms with E-state index in [4.69, 9.17) is 9.79 Å². The van der Waals surface area contributed by atoms with Crippen molar-refractivity contribution in [2.45, 2.75) is 4.21 Å². The molecule has 3 amide bonds. The first-order chi connectivity index (χ1) is 23.0. The third kappa shape index (κ3) is 10.6. The number of carbonyl (C=O) groups excluding carboxylic acids is 3. The van der Waals surface area contributed by atoms with E-state index >= 15 is 0 Å². The van der Waals surface area contributed by atoms with Crippen LogP contribution in [0.1, 0.15) is 20.7 Å². The largest absolute Gasteiger partial charge is 0.504 e. The van der Waals surface area contributed by atoms with Gasteiger partial charge in [0.2, 0.25) is 5.91 Å². The number of anilines is 1. The second-order valence-corrected chi connectivity index (χ2v) is 15.3. The molecule has 1 aromatic heterocycles. The van der Waals surface area contributed by atoms with Crippen LogP contribution in [-0.4, -0.2) is 100 Å². The average molecular weight is 738 g/mol. The Morgan fingerprint density at radius 2 is 1.31 bits per heavy atom. The zero-order valence-electron chi connectivity index (χ0n) is 25.4. The molecule has 0 aliphatic carbocycles. The zero-order chi connectivity index (χ0) is 35.9. The minimum absolute atomic E-state index is 0.0434. The smallest absolute Gasteiger partial charge is 0.340 e. The van der Waals surface area contributed by atoms with E-state index in [0.717, 1.165) is 35.6 Å². The number of carbonyl (C=O) groups is 3. The molecule has 0 unspecified atom stereocenters. The molecule has 10 N–H and O–H groups in total. The van der Waals surface area contributed by atoms with Gasteiger partial charge < -0.3 is 46.2 Å². The van der Waals surface area contributed by atoms with Crippen LogP contribution in [0.25, 0.3) is 10.1 Å². The molecule has 3 aromatic carbocycles. The van der Waals surface area contributed by atoms with Crippen molar-refractivity contribution >= 4 is 62.5 Å². The number of amides is 3. The fraction of sp³-hybridized carbons (Fsp3) is 0.207. The standard InChI is InChI=1S/C29H32N5O12PS2/c35-21-4-1-17(12-23(21)37)28(40)30-7-9-34(10-8-31-29(41)18-2-5-22(36)24(38)13-18)15-26(39)33-20-3-6-25-19(11-20)14-27(48-25)49(45,46)32-16-47(42,43)44/h1-6,11-14,32,35-38H,7-10,15-16H2,(H,30,40)(H,31,41)(H,33,39)(H2,42,43,44). The third-order valence-corrected chi connectivity index (χ3v) is 10.5. The Morgan fingerprint density at radius 3 is 1.82 bits per heavy atom. The molecule has 0 aliphatic rings. The topological polar surface area (TPSA) is 275 Å². The van der Waals surface area contributed by atoms with Crippen molar-refractivity contribution in [3.8, 4) is 23.0 Å². The monoisotopic (exact) mass is 737 g/mol. The summed E-state index contributed by atoms with van der Waals surface area (Å²) in [5.74, 6) is -3.33. The lowest BCUT2D eigenvalue weighted by Gasteiger charge is -2.22. The van der Waals surface area contributed by atoms with Crippen molar-refractivity contribution in [3.05, 3.63) is 71.8 Å². The average Bonchev–Trinajstić information content (AvgIpc) is 3.47. The maximum absolute atomic E-state index is 13.1. The molecule has 0 aliphatic heterocycles. The molecule has 49 heavy (non-hydrogen) atoms. The van der Waals surface area contributed by atoms with Crippen molar-refractivity contribution in [3.63, 3.8) is 0 Å². The number of thiophene rings is 1. The van der Waals surface area contributed by atoms with Crippen molar-refractivity contribution < 1.29 is 57.6 Å². The summed E-state index contributed by atoms with van der Waals surface area (Å²) in [5, 5.41) is 46.8. The van der Waals surface area contributed by atoms with E-state index in [9.17, 15) is 47.8 Å². The van der Waals surface area contributed by atoms with E-state index in [1.807, 2.05) is 4.72 Å². The number of phenols is 4. The molecule has 0 saturated carbocycles. The van der Waals surface area contributed by atoms with E-state index in [1.54, 1.807) is 17.0 Å². The number of hydrogen-bond donors (Lipinski definition) is 10. The molecule has 4 rings (SSSR count). The van der Waals surface area contributed by atoms with Crippen LogP contribution in [0.5, 0.6) is 23.0 Å². The maximum atomic E-state index is 13.1. The van der Waals surface area contributed by atoms with Crippen LogP contribution in [0.3, 0.4) is 0 Å². The number of phenolic OH excluding ortho intramolecular Hbond substituents is 4. The first kappa shape index (κ1) is 37.1. The quantitative estimate of drug-likeness (QED) is 0.0608. The van der Waals surface area contributed by atoms with Gasteiger partial charge in [0.05, 0.1) is 6.54 Å². The van der Waals surface area contributed by atoms with Crippen molar-refractivity contribution in [1.29, 1.82) is 0 Å². The normalized spacial score (nSPS) is 11.8. The van der Waals surface area contributed by atoms with Crippen LogP contribution in [0.2, 0.25) is 0 Å². The summed E-state index contributed by atoms with van der Waals surface area (Å²) in [6.07, 6.45) is -1.06. The predicted octanol–water partition coefficient (Wildman–Crippen LogP) is 1.24. The van der Waals surface area contributed by atoms with Gasteiger partial charge in [-0.2, -0.15) is 4.72 Å². The van der Waals surface area contributed by atoms with Crippen molar-refractivity contribution in [2.75, 3.05) is 44.3 Å². The minimum Gasteiger partial charge on any atom is -0.504 e. The van der Waals surface area contributed by atoms with Gasteiger partial charge in [-0.3, -0.25) is 23.8 Å². The number of nitrogens with one attached hydrogen (secondary N) is 4. The fourth-order valence-corrected chi connectivity index (χ4v) is 7.77. The molecule has 0 atom stereocenters. The Hall–Kier alpha value is -4.75. The van der Waals surface area contributed by atoms with Gasteiger partial charge in [0, 0.05) is 47.7 Å². The molecule has 0 spiro atoms. The van der Waals surface area contributed by atoms with E-state index in [2.05, 4.69) is 16.0 Å². The highest BCUT2D eigenvalue weighted by molar-refractivity contribution is 7.92. The van der Waals surface area contributed by atoms with Gasteiger partial charge in [0.15, 0.2) is 23.0 Å². The molecule has 0 bridgehead atoms.